The number of rotatable bonds is 13. The van der Waals surface area contributed by atoms with Crippen LogP contribution < -0.4 is 0 Å². The third-order valence-corrected chi connectivity index (χ3v) is 2.79. The molecule has 0 aromatic carbocycles. The van der Waals surface area contributed by atoms with Crippen molar-refractivity contribution in [2.24, 2.45) is 0 Å². The van der Waals surface area contributed by atoms with Gasteiger partial charge in [0.05, 0.1) is 0 Å². The lowest BCUT2D eigenvalue weighted by molar-refractivity contribution is -0.177. The van der Waals surface area contributed by atoms with E-state index in [4.69, 9.17) is 0 Å². The normalized spacial score (nSPS) is 14.6. The van der Waals surface area contributed by atoms with Crippen LogP contribution in [-0.2, 0) is 38.1 Å². The van der Waals surface area contributed by atoms with Crippen LogP contribution >= 0.6 is 0 Å². The Bertz CT molecular complexity index is 522. The zero-order chi connectivity index (χ0) is 21.7. The number of esters is 4. The van der Waals surface area contributed by atoms with Gasteiger partial charge in [-0.05, 0) is 0 Å². The Hall–Kier alpha value is -2.80. The predicted molar refractivity (Wildman–Crippen MR) is 88.3 cm³/mol. The molecular weight excluding hydrogens is 384 g/mol. The Labute approximate surface area is 159 Å². The molecule has 4 N–H and O–H groups in total. The van der Waals surface area contributed by atoms with Crippen molar-refractivity contribution in [3.8, 4) is 0 Å². The van der Waals surface area contributed by atoms with Gasteiger partial charge in [-0.25, -0.2) is 19.2 Å². The maximum atomic E-state index is 11.5. The van der Waals surface area contributed by atoms with Crippen molar-refractivity contribution in [3.63, 3.8) is 0 Å². The maximum Gasteiger partial charge on any atom is 0.338 e. The Morgan fingerprint density at radius 1 is 0.643 bits per heavy atom. The van der Waals surface area contributed by atoms with Crippen molar-refractivity contribution < 1.29 is 58.6 Å². The van der Waals surface area contributed by atoms with Crippen molar-refractivity contribution in [3.05, 3.63) is 25.3 Å². The first-order chi connectivity index (χ1) is 13.1. The molecule has 4 unspecified atom stereocenters. The average Bonchev–Trinajstić information content (AvgIpc) is 2.70. The molecule has 0 aliphatic rings. The molecule has 0 saturated heterocycles. The minimum Gasteiger partial charge on any atom is -0.461 e. The fourth-order valence-electron chi connectivity index (χ4n) is 1.36. The summed E-state index contributed by atoms with van der Waals surface area (Å²) in [6.45, 7) is 3.82. The summed E-state index contributed by atoms with van der Waals surface area (Å²) in [7, 11) is 0. The van der Waals surface area contributed by atoms with Crippen LogP contribution in [0.1, 0.15) is 0 Å². The van der Waals surface area contributed by atoms with E-state index in [0.717, 1.165) is 12.2 Å². The SMILES string of the molecule is C=CC(=O)OCC(O)COC(=O)C(O)C(O)C(=O)OCC(O)COC(=O)C=C. The van der Waals surface area contributed by atoms with Gasteiger partial charge in [-0.3, -0.25) is 0 Å². The van der Waals surface area contributed by atoms with E-state index in [1.165, 1.54) is 0 Å². The zero-order valence-corrected chi connectivity index (χ0v) is 14.8. The highest BCUT2D eigenvalue weighted by atomic mass is 16.6. The average molecular weight is 406 g/mol. The van der Waals surface area contributed by atoms with Gasteiger partial charge in [0.2, 0.25) is 0 Å². The number of aliphatic hydroxyl groups excluding tert-OH is 4. The molecule has 0 aromatic rings. The monoisotopic (exact) mass is 406 g/mol. The molecular formula is C16H22O12. The lowest BCUT2D eigenvalue weighted by Crippen LogP contribution is -2.43. The van der Waals surface area contributed by atoms with Crippen molar-refractivity contribution in [2.75, 3.05) is 26.4 Å². The molecule has 0 aliphatic carbocycles. The molecule has 0 aliphatic heterocycles. The van der Waals surface area contributed by atoms with Gasteiger partial charge in [-0.1, -0.05) is 13.2 Å². The molecule has 0 amide bonds. The number of ether oxygens (including phenoxy) is 4. The summed E-state index contributed by atoms with van der Waals surface area (Å²) in [5.74, 6) is -4.55. The Morgan fingerprint density at radius 3 is 1.21 bits per heavy atom. The molecule has 12 nitrogen and oxygen atoms in total. The topological polar surface area (TPSA) is 186 Å². The molecule has 0 spiro atoms. The molecule has 158 valence electrons. The van der Waals surface area contributed by atoms with Crippen molar-refractivity contribution >= 4 is 23.9 Å². The van der Waals surface area contributed by atoms with Gasteiger partial charge in [0.25, 0.3) is 0 Å². The summed E-state index contributed by atoms with van der Waals surface area (Å²) in [6, 6.07) is 0. The Kier molecular flexibility index (Phi) is 12.0. The van der Waals surface area contributed by atoms with Crippen LogP contribution in [0, 0.1) is 0 Å². The first-order valence-corrected chi connectivity index (χ1v) is 7.76. The second-order valence-corrected chi connectivity index (χ2v) is 5.13. The zero-order valence-electron chi connectivity index (χ0n) is 14.8. The van der Waals surface area contributed by atoms with E-state index in [9.17, 15) is 39.6 Å². The predicted octanol–water partition coefficient (Wildman–Crippen LogP) is -3.03. The summed E-state index contributed by atoms with van der Waals surface area (Å²) in [5.41, 5.74) is 0. The molecule has 0 bridgehead atoms. The molecule has 0 heterocycles. The molecule has 28 heavy (non-hydrogen) atoms. The Morgan fingerprint density at radius 2 is 0.929 bits per heavy atom. The molecule has 0 radical (unpaired) electrons. The lowest BCUT2D eigenvalue weighted by Gasteiger charge is -2.18. The summed E-state index contributed by atoms with van der Waals surface area (Å²) in [6.07, 6.45) is -5.82. The highest BCUT2D eigenvalue weighted by molar-refractivity contribution is 5.85. The van der Waals surface area contributed by atoms with Crippen LogP contribution in [0.25, 0.3) is 0 Å². The van der Waals surface area contributed by atoms with E-state index in [1.54, 1.807) is 0 Å². The molecule has 0 rings (SSSR count). The summed E-state index contributed by atoms with van der Waals surface area (Å²) < 4.78 is 17.9. The fourth-order valence-corrected chi connectivity index (χ4v) is 1.36. The van der Waals surface area contributed by atoms with Gasteiger partial charge in [0.1, 0.15) is 38.6 Å². The highest BCUT2D eigenvalue weighted by Gasteiger charge is 2.33. The van der Waals surface area contributed by atoms with Crippen LogP contribution in [0.4, 0.5) is 0 Å². The number of aliphatic hydroxyl groups is 4. The second kappa shape index (κ2) is 13.4. The number of hydrogen-bond acceptors (Lipinski definition) is 12. The smallest absolute Gasteiger partial charge is 0.338 e. The number of hydrogen-bond donors (Lipinski definition) is 4. The number of carbonyl (C=O) groups excluding carboxylic acids is 4. The van der Waals surface area contributed by atoms with E-state index in [-0.39, 0.29) is 0 Å². The molecule has 12 heteroatoms. The summed E-state index contributed by atoms with van der Waals surface area (Å²) in [4.78, 5) is 44.7. The van der Waals surface area contributed by atoms with Gasteiger partial charge in [-0.15, -0.1) is 0 Å². The lowest BCUT2D eigenvalue weighted by atomic mass is 10.2. The number of carbonyl (C=O) groups is 4. The first kappa shape index (κ1) is 25.2. The van der Waals surface area contributed by atoms with Gasteiger partial charge in [-0.2, -0.15) is 0 Å². The maximum absolute atomic E-state index is 11.5. The third-order valence-electron chi connectivity index (χ3n) is 2.79. The first-order valence-electron chi connectivity index (χ1n) is 7.76. The van der Waals surface area contributed by atoms with Gasteiger partial charge in [0.15, 0.2) is 12.2 Å². The van der Waals surface area contributed by atoms with E-state index in [0.29, 0.717) is 0 Å². The molecule has 0 aromatic heterocycles. The highest BCUT2D eigenvalue weighted by Crippen LogP contribution is 2.02. The Balaban J connectivity index is 4.26. The molecule has 4 atom stereocenters. The van der Waals surface area contributed by atoms with Crippen LogP contribution in [0.5, 0.6) is 0 Å². The second-order valence-electron chi connectivity index (χ2n) is 5.13. The van der Waals surface area contributed by atoms with Crippen LogP contribution in [0.2, 0.25) is 0 Å². The standard InChI is InChI=1S/C16H22O12/c1-3-11(19)25-5-9(17)7-27-15(23)13(21)14(22)16(24)28-8-10(18)6-26-12(20)4-2/h3-4,9-10,13-14,17-18,21-22H,1-2,5-8H2. The van der Waals surface area contributed by atoms with Crippen molar-refractivity contribution in [2.45, 2.75) is 24.4 Å². The van der Waals surface area contributed by atoms with E-state index < -0.39 is 74.7 Å². The van der Waals surface area contributed by atoms with Crippen LogP contribution in [-0.4, -0.2) is 95.1 Å². The minimum atomic E-state index is -2.34. The van der Waals surface area contributed by atoms with Gasteiger partial charge >= 0.3 is 23.9 Å². The molecule has 0 fully saturated rings. The van der Waals surface area contributed by atoms with Crippen LogP contribution in [0.3, 0.4) is 0 Å². The quantitative estimate of drug-likeness (QED) is 0.138. The summed E-state index contributed by atoms with van der Waals surface area (Å²) >= 11 is 0. The van der Waals surface area contributed by atoms with Crippen LogP contribution in [0.15, 0.2) is 25.3 Å². The largest absolute Gasteiger partial charge is 0.461 e. The van der Waals surface area contributed by atoms with Gasteiger partial charge in [0, 0.05) is 12.2 Å². The molecule has 0 saturated carbocycles. The minimum absolute atomic E-state index is 0.521. The van der Waals surface area contributed by atoms with Gasteiger partial charge < -0.3 is 39.4 Å². The fraction of sp³-hybridized carbons (Fsp3) is 0.500. The van der Waals surface area contributed by atoms with E-state index >= 15 is 0 Å². The van der Waals surface area contributed by atoms with Crippen molar-refractivity contribution in [1.82, 2.24) is 0 Å². The van der Waals surface area contributed by atoms with E-state index in [1.807, 2.05) is 0 Å². The summed E-state index contributed by atoms with van der Waals surface area (Å²) in [5, 5.41) is 38.0. The van der Waals surface area contributed by atoms with Crippen molar-refractivity contribution in [1.29, 1.82) is 0 Å². The third kappa shape index (κ3) is 10.4. The van der Waals surface area contributed by atoms with E-state index in [2.05, 4.69) is 32.1 Å².